The van der Waals surface area contributed by atoms with Crippen LogP contribution in [0, 0.1) is 10.1 Å². The Hall–Kier alpha value is -3.23. The van der Waals surface area contributed by atoms with Crippen LogP contribution in [0.1, 0.15) is 11.6 Å². The third-order valence-corrected chi connectivity index (χ3v) is 5.00. The van der Waals surface area contributed by atoms with Crippen LogP contribution in [0.15, 0.2) is 57.1 Å². The van der Waals surface area contributed by atoms with Crippen molar-refractivity contribution in [3.8, 4) is 5.69 Å². The molecule has 7 nitrogen and oxygen atoms in total. The molecule has 0 aliphatic rings. The van der Waals surface area contributed by atoms with Crippen molar-refractivity contribution in [3.05, 3.63) is 84.9 Å². The average Bonchev–Trinajstić information content (AvgIpc) is 3.30. The average molecular weight is 400 g/mol. The van der Waals surface area contributed by atoms with Crippen molar-refractivity contribution in [3.63, 3.8) is 0 Å². The molecule has 0 atom stereocenters. The van der Waals surface area contributed by atoms with Crippen LogP contribution >= 0.6 is 22.9 Å². The number of nitro groups is 1. The maximum atomic E-state index is 13.0. The molecule has 9 heteroatoms. The second-order valence-corrected chi connectivity index (χ2v) is 6.79. The standard InChI is InChI=1S/C18H10ClN3O4S/c19-12-3-1-2-4-14(12)21-15(20-13-9-10-27-17(13)18(21)23)7-5-11-6-8-16(26-11)22(24)25/h1-10H/b7-5+. The summed E-state index contributed by atoms with van der Waals surface area (Å²) in [5, 5.41) is 12.9. The topological polar surface area (TPSA) is 91.2 Å². The van der Waals surface area contributed by atoms with Gasteiger partial charge in [-0.1, -0.05) is 23.7 Å². The first kappa shape index (κ1) is 17.2. The number of rotatable bonds is 4. The number of furan rings is 1. The van der Waals surface area contributed by atoms with Crippen LogP contribution in [0.5, 0.6) is 0 Å². The highest BCUT2D eigenvalue weighted by Crippen LogP contribution is 2.24. The van der Waals surface area contributed by atoms with Crippen LogP contribution < -0.4 is 5.56 Å². The number of thiophene rings is 1. The molecule has 0 bridgehead atoms. The third kappa shape index (κ3) is 3.16. The van der Waals surface area contributed by atoms with Gasteiger partial charge in [-0.3, -0.25) is 19.5 Å². The summed E-state index contributed by atoms with van der Waals surface area (Å²) >= 11 is 7.58. The van der Waals surface area contributed by atoms with Crippen LogP contribution in [0.2, 0.25) is 5.02 Å². The monoisotopic (exact) mass is 399 g/mol. The fourth-order valence-electron chi connectivity index (χ4n) is 2.59. The number of hydrogen-bond acceptors (Lipinski definition) is 6. The number of benzene rings is 1. The van der Waals surface area contributed by atoms with Crippen molar-refractivity contribution < 1.29 is 9.34 Å². The Kier molecular flexibility index (Phi) is 4.35. The van der Waals surface area contributed by atoms with E-state index in [1.807, 2.05) is 0 Å². The van der Waals surface area contributed by atoms with Gasteiger partial charge in [0.2, 0.25) is 0 Å². The molecule has 0 amide bonds. The van der Waals surface area contributed by atoms with Crippen molar-refractivity contribution in [2.45, 2.75) is 0 Å². The molecule has 0 unspecified atom stereocenters. The Morgan fingerprint density at radius 3 is 2.74 bits per heavy atom. The van der Waals surface area contributed by atoms with Crippen LogP contribution in [0.25, 0.3) is 28.1 Å². The molecule has 0 aliphatic heterocycles. The quantitative estimate of drug-likeness (QED) is 0.364. The van der Waals surface area contributed by atoms with Gasteiger partial charge in [0.05, 0.1) is 22.3 Å². The van der Waals surface area contributed by atoms with Crippen LogP contribution in [0.3, 0.4) is 0 Å². The summed E-state index contributed by atoms with van der Waals surface area (Å²) in [4.78, 5) is 27.6. The lowest BCUT2D eigenvalue weighted by Crippen LogP contribution is -2.21. The Morgan fingerprint density at radius 2 is 2.00 bits per heavy atom. The Labute approximate surface area is 160 Å². The SMILES string of the molecule is O=c1c2sccc2nc(/C=C/c2ccc([N+](=O)[O-])o2)n1-c1ccccc1Cl. The van der Waals surface area contributed by atoms with Gasteiger partial charge in [-0.2, -0.15) is 0 Å². The van der Waals surface area contributed by atoms with Crippen LogP contribution in [-0.4, -0.2) is 14.5 Å². The number of nitrogens with zero attached hydrogens (tertiary/aromatic N) is 3. The number of aromatic nitrogens is 2. The Bertz CT molecular complexity index is 1250. The highest BCUT2D eigenvalue weighted by Gasteiger charge is 2.15. The number of fused-ring (bicyclic) bond motifs is 1. The largest absolute Gasteiger partial charge is 0.433 e. The smallest absolute Gasteiger partial charge is 0.401 e. The number of hydrogen-bond donors (Lipinski definition) is 0. The molecule has 1 aromatic carbocycles. The zero-order valence-electron chi connectivity index (χ0n) is 13.5. The van der Waals surface area contributed by atoms with E-state index in [9.17, 15) is 14.9 Å². The lowest BCUT2D eigenvalue weighted by molar-refractivity contribution is -0.402. The van der Waals surface area contributed by atoms with Crippen molar-refractivity contribution >= 4 is 51.2 Å². The molecule has 27 heavy (non-hydrogen) atoms. The van der Waals surface area contributed by atoms with Gasteiger partial charge in [0.25, 0.3) is 5.56 Å². The zero-order chi connectivity index (χ0) is 19.0. The van der Waals surface area contributed by atoms with Gasteiger partial charge >= 0.3 is 5.88 Å². The molecule has 0 spiro atoms. The first-order valence-corrected chi connectivity index (χ1v) is 8.98. The van der Waals surface area contributed by atoms with Gasteiger partial charge in [-0.25, -0.2) is 4.98 Å². The van der Waals surface area contributed by atoms with E-state index in [4.69, 9.17) is 16.0 Å². The molecule has 3 heterocycles. The van der Waals surface area contributed by atoms with Gasteiger partial charge in [-0.05, 0) is 41.8 Å². The van der Waals surface area contributed by atoms with E-state index in [0.29, 0.717) is 26.8 Å². The highest BCUT2D eigenvalue weighted by atomic mass is 35.5. The Morgan fingerprint density at radius 1 is 1.19 bits per heavy atom. The van der Waals surface area contributed by atoms with E-state index in [1.165, 1.54) is 34.1 Å². The van der Waals surface area contributed by atoms with Gasteiger partial charge in [-0.15, -0.1) is 11.3 Å². The van der Waals surface area contributed by atoms with Gasteiger partial charge in [0.1, 0.15) is 21.2 Å². The molecule has 0 radical (unpaired) electrons. The lowest BCUT2D eigenvalue weighted by atomic mass is 10.3. The molecule has 0 fully saturated rings. The number of halogens is 1. The Balaban J connectivity index is 1.89. The van der Waals surface area contributed by atoms with Crippen molar-refractivity contribution in [1.29, 1.82) is 0 Å². The van der Waals surface area contributed by atoms with Gasteiger partial charge in [0, 0.05) is 0 Å². The summed E-state index contributed by atoms with van der Waals surface area (Å²) in [6.45, 7) is 0. The van der Waals surface area contributed by atoms with Crippen molar-refractivity contribution in [1.82, 2.24) is 9.55 Å². The maximum Gasteiger partial charge on any atom is 0.433 e. The van der Waals surface area contributed by atoms with Crippen LogP contribution in [-0.2, 0) is 0 Å². The van der Waals surface area contributed by atoms with Crippen molar-refractivity contribution in [2.75, 3.05) is 0 Å². The second kappa shape index (κ2) is 6.82. The lowest BCUT2D eigenvalue weighted by Gasteiger charge is -2.11. The molecule has 0 saturated carbocycles. The predicted molar refractivity (Wildman–Crippen MR) is 105 cm³/mol. The summed E-state index contributed by atoms with van der Waals surface area (Å²) in [5.41, 5.74) is 0.823. The molecular weight excluding hydrogens is 390 g/mol. The molecule has 3 aromatic heterocycles. The summed E-state index contributed by atoms with van der Waals surface area (Å²) in [7, 11) is 0. The van der Waals surface area contributed by atoms with Gasteiger partial charge < -0.3 is 4.42 Å². The van der Waals surface area contributed by atoms with E-state index >= 15 is 0 Å². The molecule has 4 aromatic rings. The minimum absolute atomic E-state index is 0.242. The maximum absolute atomic E-state index is 13.0. The minimum atomic E-state index is -0.618. The van der Waals surface area contributed by atoms with Gasteiger partial charge in [0.15, 0.2) is 0 Å². The van der Waals surface area contributed by atoms with Crippen LogP contribution in [0.4, 0.5) is 5.88 Å². The summed E-state index contributed by atoms with van der Waals surface area (Å²) in [5.74, 6) is 0.240. The van der Waals surface area contributed by atoms with E-state index < -0.39 is 4.92 Å². The fourth-order valence-corrected chi connectivity index (χ4v) is 3.57. The molecular formula is C18H10ClN3O4S. The van der Waals surface area contributed by atoms with E-state index in [2.05, 4.69) is 4.98 Å². The molecule has 134 valence electrons. The first-order valence-electron chi connectivity index (χ1n) is 7.72. The fraction of sp³-hybridized carbons (Fsp3) is 0. The van der Waals surface area contributed by atoms with Crippen molar-refractivity contribution in [2.24, 2.45) is 0 Å². The molecule has 0 aliphatic carbocycles. The zero-order valence-corrected chi connectivity index (χ0v) is 15.1. The second-order valence-electron chi connectivity index (χ2n) is 5.46. The molecule has 0 N–H and O–H groups in total. The molecule has 0 saturated heterocycles. The summed E-state index contributed by atoms with van der Waals surface area (Å²) in [6, 6.07) is 11.4. The predicted octanol–water partition coefficient (Wildman–Crippen LogP) is 4.77. The normalized spacial score (nSPS) is 11.4. The minimum Gasteiger partial charge on any atom is -0.401 e. The third-order valence-electron chi connectivity index (χ3n) is 3.79. The number of para-hydroxylation sites is 1. The van der Waals surface area contributed by atoms with E-state index in [1.54, 1.807) is 41.8 Å². The summed E-state index contributed by atoms with van der Waals surface area (Å²) < 4.78 is 7.04. The first-order chi connectivity index (χ1) is 13.0. The van der Waals surface area contributed by atoms with E-state index in [-0.39, 0.29) is 17.2 Å². The molecule has 4 rings (SSSR count). The summed E-state index contributed by atoms with van der Waals surface area (Å²) in [6.07, 6.45) is 3.07. The van der Waals surface area contributed by atoms with E-state index in [0.717, 1.165) is 0 Å². The highest BCUT2D eigenvalue weighted by molar-refractivity contribution is 7.17.